The Bertz CT molecular complexity index is 434. The second-order valence-electron chi connectivity index (χ2n) is 3.39. The Kier molecular flexibility index (Phi) is 3.60. The maximum atomic E-state index is 9.26. The summed E-state index contributed by atoms with van der Waals surface area (Å²) in [4.78, 5) is 0. The van der Waals surface area contributed by atoms with Gasteiger partial charge >= 0.3 is 0 Å². The first kappa shape index (κ1) is 11.7. The molecule has 15 heavy (non-hydrogen) atoms. The van der Waals surface area contributed by atoms with Crippen molar-refractivity contribution in [2.24, 2.45) is 0 Å². The molecule has 0 saturated carbocycles. The van der Waals surface area contributed by atoms with E-state index in [4.69, 9.17) is 4.18 Å². The number of benzene rings is 1. The van der Waals surface area contributed by atoms with Crippen LogP contribution in [0.3, 0.4) is 0 Å². The fraction of sp³-hybridized carbons (Fsp3) is 0.300. The summed E-state index contributed by atoms with van der Waals surface area (Å²) in [5, 5.41) is 9.26. The first-order valence-electron chi connectivity index (χ1n) is 4.38. The van der Waals surface area contributed by atoms with E-state index in [9.17, 15) is 5.26 Å². The zero-order valence-electron chi connectivity index (χ0n) is 7.67. The molecule has 0 bridgehead atoms. The van der Waals surface area contributed by atoms with Crippen molar-refractivity contribution in [3.8, 4) is 6.07 Å². The lowest BCUT2D eigenvalue weighted by Gasteiger charge is -2.19. The minimum absolute atomic E-state index is 0.741. The molecule has 0 amide bonds. The van der Waals surface area contributed by atoms with E-state index in [1.54, 1.807) is 0 Å². The molecule has 1 aliphatic carbocycles. The van der Waals surface area contributed by atoms with Crippen molar-refractivity contribution in [2.75, 3.05) is 0 Å². The molecule has 1 aliphatic rings. The molecular formula is C10H7BrINOS. The summed E-state index contributed by atoms with van der Waals surface area (Å²) in [5.41, 5.74) is 1.47. The number of fused-ring (bicyclic) bond motifs is 1. The normalized spacial score (nSPS) is 23.5. The molecule has 0 aromatic heterocycles. The molecule has 0 fully saturated rings. The molecule has 1 atom stereocenters. The third kappa shape index (κ3) is 2.05. The van der Waals surface area contributed by atoms with Gasteiger partial charge in [-0.15, -0.1) is 0 Å². The monoisotopic (exact) mass is 395 g/mol. The summed E-state index contributed by atoms with van der Waals surface area (Å²) in [6, 6.07) is 8.29. The van der Waals surface area contributed by atoms with Crippen molar-refractivity contribution in [3.63, 3.8) is 0 Å². The predicted molar refractivity (Wildman–Crippen MR) is 72.5 cm³/mol. The number of nitriles is 1. The van der Waals surface area contributed by atoms with Crippen molar-refractivity contribution in [1.29, 1.82) is 5.26 Å². The third-order valence-corrected chi connectivity index (χ3v) is 3.98. The van der Waals surface area contributed by atoms with E-state index in [0.29, 0.717) is 0 Å². The van der Waals surface area contributed by atoms with Gasteiger partial charge < -0.3 is 0 Å². The highest BCUT2D eigenvalue weighted by Gasteiger charge is 2.40. The minimum Gasteiger partial charge on any atom is -0.278 e. The summed E-state index contributed by atoms with van der Waals surface area (Å²) in [6.45, 7) is 0. The van der Waals surface area contributed by atoms with Crippen LogP contribution in [0.5, 0.6) is 0 Å². The predicted octanol–water partition coefficient (Wildman–Crippen LogP) is 4.13. The summed E-state index contributed by atoms with van der Waals surface area (Å²) >= 11 is 5.48. The van der Waals surface area contributed by atoms with Crippen LogP contribution in [0.25, 0.3) is 0 Å². The van der Waals surface area contributed by atoms with E-state index in [1.165, 1.54) is 14.8 Å². The second-order valence-corrected chi connectivity index (χ2v) is 5.67. The van der Waals surface area contributed by atoms with Crippen LogP contribution in [-0.4, -0.2) is 0 Å². The molecule has 1 aromatic rings. The minimum atomic E-state index is -0.748. The maximum absolute atomic E-state index is 9.26. The Morgan fingerprint density at radius 2 is 2.40 bits per heavy atom. The van der Waals surface area contributed by atoms with Gasteiger partial charge in [-0.1, -0.05) is 22.0 Å². The van der Waals surface area contributed by atoms with Crippen LogP contribution in [0.4, 0.5) is 0 Å². The lowest BCUT2D eigenvalue weighted by molar-refractivity contribution is 0.168. The largest absolute Gasteiger partial charge is 0.278 e. The van der Waals surface area contributed by atoms with Crippen molar-refractivity contribution in [1.82, 2.24) is 0 Å². The quantitative estimate of drug-likeness (QED) is 0.557. The van der Waals surface area contributed by atoms with Crippen molar-refractivity contribution in [3.05, 3.63) is 33.8 Å². The van der Waals surface area contributed by atoms with E-state index in [1.807, 2.05) is 12.1 Å². The summed E-state index contributed by atoms with van der Waals surface area (Å²) in [5.74, 6) is 0. The summed E-state index contributed by atoms with van der Waals surface area (Å²) in [6.07, 6.45) is 1.64. The summed E-state index contributed by atoms with van der Waals surface area (Å²) in [7, 11) is 1.23. The molecule has 0 N–H and O–H groups in total. The Morgan fingerprint density at radius 3 is 3.07 bits per heavy atom. The molecule has 78 valence electrons. The maximum Gasteiger partial charge on any atom is 0.195 e. The standard InChI is InChI=1S/C10H7BrINOS/c11-8-1-2-9-7(5-8)3-4-10(9,6-13)14-15-12/h1-2,5H,3-4H2. The highest BCUT2D eigenvalue weighted by atomic mass is 127. The van der Waals surface area contributed by atoms with E-state index >= 15 is 0 Å². The highest BCUT2D eigenvalue weighted by Crippen LogP contribution is 2.43. The fourth-order valence-corrected chi connectivity index (χ4v) is 3.53. The highest BCUT2D eigenvalue weighted by molar-refractivity contribution is 14.2. The molecule has 2 rings (SSSR count). The van der Waals surface area contributed by atoms with Gasteiger partial charge in [0.05, 0.1) is 9.21 Å². The van der Waals surface area contributed by atoms with Crippen molar-refractivity contribution in [2.45, 2.75) is 18.4 Å². The topological polar surface area (TPSA) is 33.0 Å². The average Bonchev–Trinajstić information content (AvgIpc) is 2.58. The molecule has 1 aromatic carbocycles. The molecular weight excluding hydrogens is 389 g/mol. The SMILES string of the molecule is N#CC1(OSI)CCc2cc(Br)ccc21. The van der Waals surface area contributed by atoms with Gasteiger partial charge in [0.2, 0.25) is 0 Å². The molecule has 0 aliphatic heterocycles. The van der Waals surface area contributed by atoms with Gasteiger partial charge in [-0.05, 0) is 30.5 Å². The molecule has 1 unspecified atom stereocenters. The first-order valence-corrected chi connectivity index (χ1v) is 8.46. The molecule has 0 radical (unpaired) electrons. The van der Waals surface area contributed by atoms with Gasteiger partial charge in [0.1, 0.15) is 6.07 Å². The molecule has 5 heteroatoms. The number of hydrogen-bond donors (Lipinski definition) is 0. The van der Waals surface area contributed by atoms with Crippen LogP contribution >= 0.6 is 46.3 Å². The second kappa shape index (κ2) is 4.62. The number of nitrogens with zero attached hydrogens (tertiary/aromatic N) is 1. The van der Waals surface area contributed by atoms with Crippen LogP contribution < -0.4 is 0 Å². The number of halogens is 2. The van der Waals surface area contributed by atoms with Gasteiger partial charge in [-0.25, -0.2) is 0 Å². The van der Waals surface area contributed by atoms with Gasteiger partial charge in [0.15, 0.2) is 5.60 Å². The van der Waals surface area contributed by atoms with E-state index in [0.717, 1.165) is 22.9 Å². The first-order chi connectivity index (χ1) is 7.22. The number of rotatable bonds is 2. The van der Waals surface area contributed by atoms with Crippen LogP contribution in [-0.2, 0) is 16.2 Å². The van der Waals surface area contributed by atoms with Crippen molar-refractivity contribution < 1.29 is 4.18 Å². The average molecular weight is 396 g/mol. The molecule has 0 spiro atoms. The van der Waals surface area contributed by atoms with Gasteiger partial charge in [0, 0.05) is 31.2 Å². The lowest BCUT2D eigenvalue weighted by atomic mass is 9.98. The number of hydrogen-bond acceptors (Lipinski definition) is 3. The van der Waals surface area contributed by atoms with Crippen LogP contribution in [0.15, 0.2) is 22.7 Å². The fourth-order valence-electron chi connectivity index (χ4n) is 1.88. The summed E-state index contributed by atoms with van der Waals surface area (Å²) < 4.78 is 6.59. The lowest BCUT2D eigenvalue weighted by Crippen LogP contribution is -2.21. The molecule has 0 heterocycles. The van der Waals surface area contributed by atoms with Crippen LogP contribution in [0.1, 0.15) is 17.5 Å². The van der Waals surface area contributed by atoms with E-state index in [2.05, 4.69) is 49.3 Å². The van der Waals surface area contributed by atoms with Crippen LogP contribution in [0, 0.1) is 11.3 Å². The van der Waals surface area contributed by atoms with Gasteiger partial charge in [-0.2, -0.15) is 5.26 Å². The van der Waals surface area contributed by atoms with Crippen LogP contribution in [0.2, 0.25) is 0 Å². The Hall–Kier alpha value is 0.230. The third-order valence-electron chi connectivity index (χ3n) is 2.60. The Labute approximate surface area is 113 Å². The van der Waals surface area contributed by atoms with Crippen molar-refractivity contribution >= 4 is 46.3 Å². The Balaban J connectivity index is 2.47. The Morgan fingerprint density at radius 1 is 1.60 bits per heavy atom. The number of aryl methyl sites for hydroxylation is 1. The van der Waals surface area contributed by atoms with E-state index in [-0.39, 0.29) is 0 Å². The van der Waals surface area contributed by atoms with E-state index < -0.39 is 5.60 Å². The smallest absolute Gasteiger partial charge is 0.195 e. The van der Waals surface area contributed by atoms with Gasteiger partial charge in [-0.3, -0.25) is 4.18 Å². The zero-order chi connectivity index (χ0) is 10.9. The molecule has 0 saturated heterocycles. The molecule has 2 nitrogen and oxygen atoms in total. The zero-order valence-corrected chi connectivity index (χ0v) is 12.2. The van der Waals surface area contributed by atoms with Gasteiger partial charge in [0.25, 0.3) is 0 Å².